The van der Waals surface area contributed by atoms with E-state index in [1.165, 1.54) is 0 Å². The second kappa shape index (κ2) is 4.56. The summed E-state index contributed by atoms with van der Waals surface area (Å²) in [5.74, 6) is 0.873. The third-order valence-electron chi connectivity index (χ3n) is 2.81. The number of hydrogen-bond acceptors (Lipinski definition) is 2. The molecule has 0 radical (unpaired) electrons. The van der Waals surface area contributed by atoms with Gasteiger partial charge in [0.25, 0.3) is 5.91 Å². The van der Waals surface area contributed by atoms with Crippen LogP contribution >= 0.6 is 0 Å². The Bertz CT molecular complexity index is 389. The van der Waals surface area contributed by atoms with Gasteiger partial charge in [0.1, 0.15) is 5.75 Å². The number of amides is 1. The smallest absolute Gasteiger partial charge is 0.267 e. The van der Waals surface area contributed by atoms with Crippen molar-refractivity contribution in [1.29, 1.82) is 0 Å². The third kappa shape index (κ3) is 1.90. The zero-order valence-electron chi connectivity index (χ0n) is 9.77. The molecule has 1 atom stereocenters. The largest absolute Gasteiger partial charge is 0.479 e. The Balaban J connectivity index is 2.30. The lowest BCUT2D eigenvalue weighted by Crippen LogP contribution is -2.44. The Morgan fingerprint density at radius 3 is 2.88 bits per heavy atom. The monoisotopic (exact) mass is 219 g/mol. The van der Waals surface area contributed by atoms with Crippen LogP contribution in [0.25, 0.3) is 0 Å². The highest BCUT2D eigenvalue weighted by molar-refractivity contribution is 5.99. The maximum Gasteiger partial charge on any atom is 0.267 e. The molecule has 3 heteroatoms. The normalized spacial score (nSPS) is 19.2. The van der Waals surface area contributed by atoms with Crippen LogP contribution in [0, 0.1) is 0 Å². The molecule has 0 aromatic heterocycles. The lowest BCUT2D eigenvalue weighted by molar-refractivity contribution is -0.125. The average Bonchev–Trinajstić information content (AvgIpc) is 2.30. The summed E-state index contributed by atoms with van der Waals surface area (Å²) >= 11 is 0. The number of fused-ring (bicyclic) bond motifs is 1. The van der Waals surface area contributed by atoms with Crippen molar-refractivity contribution in [3.63, 3.8) is 0 Å². The molecule has 0 N–H and O–H groups in total. The van der Waals surface area contributed by atoms with E-state index in [0.717, 1.165) is 30.8 Å². The maximum absolute atomic E-state index is 12.0. The van der Waals surface area contributed by atoms with Crippen molar-refractivity contribution >= 4 is 11.6 Å². The van der Waals surface area contributed by atoms with Gasteiger partial charge in [-0.05, 0) is 25.5 Å². The molecule has 1 heterocycles. The Hall–Kier alpha value is -1.51. The average molecular weight is 219 g/mol. The summed E-state index contributed by atoms with van der Waals surface area (Å²) in [5.41, 5.74) is 0.902. The molecule has 0 saturated carbocycles. The Morgan fingerprint density at radius 2 is 2.12 bits per heavy atom. The van der Waals surface area contributed by atoms with Crippen molar-refractivity contribution in [2.45, 2.75) is 32.8 Å². The first kappa shape index (κ1) is 11.0. The number of rotatable bonds is 3. The van der Waals surface area contributed by atoms with Crippen LogP contribution in [-0.4, -0.2) is 18.6 Å². The van der Waals surface area contributed by atoms with E-state index >= 15 is 0 Å². The molecule has 1 unspecified atom stereocenters. The van der Waals surface area contributed by atoms with Crippen molar-refractivity contribution in [3.8, 4) is 5.75 Å². The van der Waals surface area contributed by atoms with Gasteiger partial charge in [0.2, 0.25) is 0 Å². The van der Waals surface area contributed by atoms with E-state index in [9.17, 15) is 4.79 Å². The molecule has 16 heavy (non-hydrogen) atoms. The number of nitrogens with zero attached hydrogens (tertiary/aromatic N) is 1. The number of anilines is 1. The van der Waals surface area contributed by atoms with Crippen LogP contribution in [0.15, 0.2) is 24.3 Å². The summed E-state index contributed by atoms with van der Waals surface area (Å²) in [6, 6.07) is 7.72. The van der Waals surface area contributed by atoms with Crippen LogP contribution in [-0.2, 0) is 4.79 Å². The maximum atomic E-state index is 12.0. The van der Waals surface area contributed by atoms with Gasteiger partial charge < -0.3 is 9.64 Å². The molecule has 1 amide bonds. The lowest BCUT2D eigenvalue weighted by atomic mass is 10.1. The number of carbonyl (C=O) groups excluding carboxylic acids is 1. The Labute approximate surface area is 96.0 Å². The molecule has 3 nitrogen and oxygen atoms in total. The van der Waals surface area contributed by atoms with Crippen molar-refractivity contribution in [2.24, 2.45) is 0 Å². The Kier molecular flexibility index (Phi) is 3.13. The SMILES string of the molecule is CCCCN1C(=O)C(C)Oc2ccccc21. The molecule has 0 spiro atoms. The molecule has 0 bridgehead atoms. The highest BCUT2D eigenvalue weighted by Gasteiger charge is 2.30. The number of unbranched alkanes of at least 4 members (excludes halogenated alkanes) is 1. The summed E-state index contributed by atoms with van der Waals surface area (Å²) in [6.07, 6.45) is 1.74. The van der Waals surface area contributed by atoms with Gasteiger partial charge in [0, 0.05) is 6.54 Å². The standard InChI is InChI=1S/C13H17NO2/c1-3-4-9-14-11-7-5-6-8-12(11)16-10(2)13(14)15/h5-8,10H,3-4,9H2,1-2H3. The molecular weight excluding hydrogens is 202 g/mol. The van der Waals surface area contributed by atoms with Gasteiger partial charge in [-0.25, -0.2) is 0 Å². The summed E-state index contributed by atoms with van der Waals surface area (Å²) in [5, 5.41) is 0. The fourth-order valence-corrected chi connectivity index (χ4v) is 1.91. The number of carbonyl (C=O) groups is 1. The minimum absolute atomic E-state index is 0.0622. The summed E-state index contributed by atoms with van der Waals surface area (Å²) in [4.78, 5) is 13.8. The first-order valence-corrected chi connectivity index (χ1v) is 5.81. The molecule has 1 aromatic rings. The Morgan fingerprint density at radius 1 is 1.38 bits per heavy atom. The van der Waals surface area contributed by atoms with E-state index in [0.29, 0.717) is 0 Å². The third-order valence-corrected chi connectivity index (χ3v) is 2.81. The number of para-hydroxylation sites is 2. The molecule has 1 aliphatic heterocycles. The van der Waals surface area contributed by atoms with Crippen LogP contribution in [0.1, 0.15) is 26.7 Å². The van der Waals surface area contributed by atoms with E-state index in [1.807, 2.05) is 29.2 Å². The molecule has 1 aromatic carbocycles. The van der Waals surface area contributed by atoms with Gasteiger partial charge in [0.15, 0.2) is 6.10 Å². The molecule has 0 fully saturated rings. The zero-order chi connectivity index (χ0) is 11.5. The van der Waals surface area contributed by atoms with Crippen LogP contribution in [0.2, 0.25) is 0 Å². The van der Waals surface area contributed by atoms with Gasteiger partial charge >= 0.3 is 0 Å². The highest BCUT2D eigenvalue weighted by Crippen LogP contribution is 2.33. The minimum atomic E-state index is -0.369. The predicted octanol–water partition coefficient (Wildman–Crippen LogP) is 2.60. The zero-order valence-corrected chi connectivity index (χ0v) is 9.77. The quantitative estimate of drug-likeness (QED) is 0.782. The van der Waals surface area contributed by atoms with Gasteiger partial charge in [-0.15, -0.1) is 0 Å². The van der Waals surface area contributed by atoms with Crippen LogP contribution < -0.4 is 9.64 Å². The molecule has 0 aliphatic carbocycles. The van der Waals surface area contributed by atoms with Crippen LogP contribution in [0.5, 0.6) is 5.75 Å². The van der Waals surface area contributed by atoms with E-state index in [4.69, 9.17) is 4.74 Å². The van der Waals surface area contributed by atoms with E-state index < -0.39 is 0 Å². The second-order valence-electron chi connectivity index (χ2n) is 4.07. The molecule has 1 aliphatic rings. The lowest BCUT2D eigenvalue weighted by Gasteiger charge is -2.32. The summed E-state index contributed by atoms with van der Waals surface area (Å²) in [7, 11) is 0. The fraction of sp³-hybridized carbons (Fsp3) is 0.462. The number of ether oxygens (including phenoxy) is 1. The molecular formula is C13H17NO2. The first-order valence-electron chi connectivity index (χ1n) is 5.81. The number of benzene rings is 1. The van der Waals surface area contributed by atoms with Crippen LogP contribution in [0.4, 0.5) is 5.69 Å². The van der Waals surface area contributed by atoms with Crippen LogP contribution in [0.3, 0.4) is 0 Å². The van der Waals surface area contributed by atoms with Crippen molar-refractivity contribution in [1.82, 2.24) is 0 Å². The molecule has 86 valence electrons. The van der Waals surface area contributed by atoms with Crippen molar-refractivity contribution < 1.29 is 9.53 Å². The first-order chi connectivity index (χ1) is 7.74. The second-order valence-corrected chi connectivity index (χ2v) is 4.07. The fourth-order valence-electron chi connectivity index (χ4n) is 1.91. The topological polar surface area (TPSA) is 29.5 Å². The highest BCUT2D eigenvalue weighted by atomic mass is 16.5. The number of hydrogen-bond donors (Lipinski definition) is 0. The molecule has 0 saturated heterocycles. The van der Waals surface area contributed by atoms with Crippen molar-refractivity contribution in [3.05, 3.63) is 24.3 Å². The minimum Gasteiger partial charge on any atom is -0.479 e. The van der Waals surface area contributed by atoms with Gasteiger partial charge in [-0.3, -0.25) is 4.79 Å². The summed E-state index contributed by atoms with van der Waals surface area (Å²) in [6.45, 7) is 4.71. The van der Waals surface area contributed by atoms with Crippen molar-refractivity contribution in [2.75, 3.05) is 11.4 Å². The molecule has 2 rings (SSSR count). The van der Waals surface area contributed by atoms with E-state index in [2.05, 4.69) is 6.92 Å². The van der Waals surface area contributed by atoms with E-state index in [-0.39, 0.29) is 12.0 Å². The van der Waals surface area contributed by atoms with Gasteiger partial charge in [0.05, 0.1) is 5.69 Å². The summed E-state index contributed by atoms with van der Waals surface area (Å²) < 4.78 is 5.56. The van der Waals surface area contributed by atoms with E-state index in [1.54, 1.807) is 6.92 Å². The van der Waals surface area contributed by atoms with Gasteiger partial charge in [-0.2, -0.15) is 0 Å². The van der Waals surface area contributed by atoms with Gasteiger partial charge in [-0.1, -0.05) is 25.5 Å². The predicted molar refractivity (Wildman–Crippen MR) is 63.8 cm³/mol.